The van der Waals surface area contributed by atoms with Gasteiger partial charge >= 0.3 is 6.09 Å². The first-order valence-electron chi connectivity index (χ1n) is 12.2. The molecule has 2 aliphatic heterocycles. The number of nitrogens with one attached hydrogen (secondary N) is 1. The fourth-order valence-electron chi connectivity index (χ4n) is 4.77. The molecule has 3 aromatic rings. The van der Waals surface area contributed by atoms with Crippen LogP contribution in [0.3, 0.4) is 0 Å². The van der Waals surface area contributed by atoms with Crippen LogP contribution < -0.4 is 15.8 Å². The molecule has 0 saturated carbocycles. The summed E-state index contributed by atoms with van der Waals surface area (Å²) in [6.07, 6.45) is 4.87. The van der Waals surface area contributed by atoms with Crippen molar-refractivity contribution >= 4 is 28.6 Å². The summed E-state index contributed by atoms with van der Waals surface area (Å²) in [7, 11) is 1.57. The van der Waals surface area contributed by atoms with Crippen molar-refractivity contribution in [2.45, 2.75) is 18.9 Å². The predicted molar refractivity (Wildman–Crippen MR) is 135 cm³/mol. The molecule has 2 aromatic heterocycles. The third kappa shape index (κ3) is 5.23. The maximum Gasteiger partial charge on any atom is 0.411 e. The third-order valence-electron chi connectivity index (χ3n) is 6.72. The average molecular weight is 497 g/mol. The molecule has 0 unspecified atom stereocenters. The van der Waals surface area contributed by atoms with Crippen LogP contribution in [0.1, 0.15) is 18.9 Å². The van der Waals surface area contributed by atoms with Gasteiger partial charge < -0.3 is 29.2 Å². The molecule has 2 fully saturated rings. The molecule has 11 nitrogen and oxygen atoms in total. The monoisotopic (exact) mass is 496 g/mol. The first-order chi connectivity index (χ1) is 17.6. The molecule has 36 heavy (non-hydrogen) atoms. The van der Waals surface area contributed by atoms with Crippen LogP contribution in [0.2, 0.25) is 0 Å². The zero-order chi connectivity index (χ0) is 24.9. The van der Waals surface area contributed by atoms with Gasteiger partial charge in [0.05, 0.1) is 31.4 Å². The fraction of sp³-hybridized carbons (Fsp3) is 0.480. The summed E-state index contributed by atoms with van der Waals surface area (Å²) in [5, 5.41) is 3.59. The number of aromatic nitrogens is 3. The van der Waals surface area contributed by atoms with E-state index in [1.54, 1.807) is 13.2 Å². The number of fused-ring (bicyclic) bond motifs is 1. The normalized spacial score (nSPS) is 17.2. The van der Waals surface area contributed by atoms with Gasteiger partial charge in [0.25, 0.3) is 0 Å². The number of morpholine rings is 1. The summed E-state index contributed by atoms with van der Waals surface area (Å²) in [6, 6.07) is 5.87. The van der Waals surface area contributed by atoms with Crippen molar-refractivity contribution in [2.75, 3.05) is 70.8 Å². The number of amides is 1. The number of nitrogen functional groups attached to an aromatic ring is 1. The van der Waals surface area contributed by atoms with Gasteiger partial charge in [-0.05, 0) is 30.5 Å². The molecular formula is C25H32N6O5. The molecule has 11 heteroatoms. The van der Waals surface area contributed by atoms with Crippen molar-refractivity contribution in [3.63, 3.8) is 0 Å². The van der Waals surface area contributed by atoms with Crippen molar-refractivity contribution in [2.24, 2.45) is 0 Å². The van der Waals surface area contributed by atoms with Crippen molar-refractivity contribution in [1.29, 1.82) is 0 Å². The Kier molecular flexibility index (Phi) is 7.49. The molecule has 0 spiro atoms. The number of nitrogens with two attached hydrogens (primary N) is 1. The third-order valence-corrected chi connectivity index (χ3v) is 6.72. The second-order valence-corrected chi connectivity index (χ2v) is 8.88. The molecule has 1 amide bonds. The van der Waals surface area contributed by atoms with Crippen LogP contribution in [0.25, 0.3) is 22.2 Å². The average Bonchev–Trinajstić information content (AvgIpc) is 3.31. The minimum atomic E-state index is -0.525. The SMILES string of the molecule is COc1cc(-c2cn(C3CCOCC3)c3ncnc(N)c23)ccc1NC(=O)OCCN1CCOCC1. The maximum atomic E-state index is 12.4. The van der Waals surface area contributed by atoms with E-state index in [1.807, 2.05) is 12.1 Å². The summed E-state index contributed by atoms with van der Waals surface area (Å²) in [4.78, 5) is 23.4. The molecule has 192 valence electrons. The molecule has 1 aromatic carbocycles. The molecule has 3 N–H and O–H groups in total. The van der Waals surface area contributed by atoms with Crippen LogP contribution >= 0.6 is 0 Å². The molecule has 2 aliphatic rings. The molecular weight excluding hydrogens is 464 g/mol. The lowest BCUT2D eigenvalue weighted by Crippen LogP contribution is -2.38. The maximum absolute atomic E-state index is 12.4. The van der Waals surface area contributed by atoms with E-state index in [-0.39, 0.29) is 6.04 Å². The highest BCUT2D eigenvalue weighted by molar-refractivity contribution is 6.01. The highest BCUT2D eigenvalue weighted by atomic mass is 16.5. The number of carbonyl (C=O) groups excluding carboxylic acids is 1. The predicted octanol–water partition coefficient (Wildman–Crippen LogP) is 2.92. The molecule has 2 saturated heterocycles. The molecule has 5 rings (SSSR count). The quantitative estimate of drug-likeness (QED) is 0.508. The van der Waals surface area contributed by atoms with Crippen LogP contribution in [-0.2, 0) is 14.2 Å². The van der Waals surface area contributed by atoms with Gasteiger partial charge in [-0.15, -0.1) is 0 Å². The number of carbonyl (C=O) groups is 1. The van der Waals surface area contributed by atoms with Crippen molar-refractivity contribution in [3.8, 4) is 16.9 Å². The minimum absolute atomic E-state index is 0.277. The fourth-order valence-corrected chi connectivity index (χ4v) is 4.77. The Bertz CT molecular complexity index is 1200. The second-order valence-electron chi connectivity index (χ2n) is 8.88. The number of ether oxygens (including phenoxy) is 4. The molecule has 0 radical (unpaired) electrons. The number of rotatable bonds is 7. The Morgan fingerprint density at radius 1 is 1.17 bits per heavy atom. The van der Waals surface area contributed by atoms with E-state index in [2.05, 4.69) is 30.9 Å². The molecule has 4 heterocycles. The van der Waals surface area contributed by atoms with Gasteiger partial charge in [-0.2, -0.15) is 0 Å². The summed E-state index contributed by atoms with van der Waals surface area (Å²) in [5.41, 5.74) is 9.42. The minimum Gasteiger partial charge on any atom is -0.495 e. The van der Waals surface area contributed by atoms with Gasteiger partial charge in [0.15, 0.2) is 0 Å². The summed E-state index contributed by atoms with van der Waals surface area (Å²) >= 11 is 0. The standard InChI is InChI=1S/C25H32N6O5/c1-33-21-14-17(2-3-20(21)29-25(32)36-13-8-30-6-11-35-12-7-30)19-15-31(18-4-9-34-10-5-18)24-22(19)23(26)27-16-28-24/h2-3,14-16,18H,4-13H2,1H3,(H,29,32)(H2,26,27,28). The summed E-state index contributed by atoms with van der Waals surface area (Å²) in [6.45, 7) is 5.53. The highest BCUT2D eigenvalue weighted by Gasteiger charge is 2.23. The number of anilines is 2. The number of hydrogen-bond donors (Lipinski definition) is 2. The lowest BCUT2D eigenvalue weighted by Gasteiger charge is -2.26. The topological polar surface area (TPSA) is 126 Å². The van der Waals surface area contributed by atoms with Crippen LogP contribution in [-0.4, -0.2) is 85.3 Å². The van der Waals surface area contributed by atoms with E-state index >= 15 is 0 Å². The van der Waals surface area contributed by atoms with E-state index in [0.29, 0.717) is 43.6 Å². The van der Waals surface area contributed by atoms with Crippen LogP contribution in [0, 0.1) is 0 Å². The zero-order valence-electron chi connectivity index (χ0n) is 20.4. The Morgan fingerprint density at radius 3 is 2.72 bits per heavy atom. The molecule has 0 atom stereocenters. The Labute approximate surface area is 209 Å². The first-order valence-corrected chi connectivity index (χ1v) is 12.2. The van der Waals surface area contributed by atoms with Gasteiger partial charge in [-0.3, -0.25) is 10.2 Å². The van der Waals surface area contributed by atoms with E-state index in [9.17, 15) is 4.79 Å². The second kappa shape index (κ2) is 11.1. The van der Waals surface area contributed by atoms with Crippen LogP contribution in [0.15, 0.2) is 30.7 Å². The summed E-state index contributed by atoms with van der Waals surface area (Å²) in [5.74, 6) is 0.936. The lowest BCUT2D eigenvalue weighted by molar-refractivity contribution is 0.0290. The van der Waals surface area contributed by atoms with E-state index < -0.39 is 6.09 Å². The van der Waals surface area contributed by atoms with E-state index in [4.69, 9.17) is 24.7 Å². The first kappa shape index (κ1) is 24.3. The van der Waals surface area contributed by atoms with Crippen molar-refractivity contribution in [1.82, 2.24) is 19.4 Å². The number of nitrogens with zero attached hydrogens (tertiary/aromatic N) is 4. The molecule has 0 bridgehead atoms. The van der Waals surface area contributed by atoms with E-state index in [1.165, 1.54) is 6.33 Å². The highest BCUT2D eigenvalue weighted by Crippen LogP contribution is 2.39. The van der Waals surface area contributed by atoms with Gasteiger partial charge in [-0.25, -0.2) is 14.8 Å². The number of methoxy groups -OCH3 is 1. The summed E-state index contributed by atoms with van der Waals surface area (Å²) < 4.78 is 24.0. The van der Waals surface area contributed by atoms with Gasteiger partial charge in [0, 0.05) is 50.7 Å². The van der Waals surface area contributed by atoms with Gasteiger partial charge in [0.1, 0.15) is 30.1 Å². The van der Waals surface area contributed by atoms with Crippen molar-refractivity contribution < 1.29 is 23.7 Å². The smallest absolute Gasteiger partial charge is 0.411 e. The van der Waals surface area contributed by atoms with Crippen LogP contribution in [0.5, 0.6) is 5.75 Å². The van der Waals surface area contributed by atoms with Gasteiger partial charge in [-0.1, -0.05) is 6.07 Å². The number of hydrogen-bond acceptors (Lipinski definition) is 9. The van der Waals surface area contributed by atoms with Crippen LogP contribution in [0.4, 0.5) is 16.3 Å². The number of benzene rings is 1. The Balaban J connectivity index is 1.34. The van der Waals surface area contributed by atoms with Crippen molar-refractivity contribution in [3.05, 3.63) is 30.7 Å². The Hall–Kier alpha value is -3.41. The Morgan fingerprint density at radius 2 is 1.94 bits per heavy atom. The molecule has 0 aliphatic carbocycles. The lowest BCUT2D eigenvalue weighted by atomic mass is 10.0. The largest absolute Gasteiger partial charge is 0.495 e. The zero-order valence-corrected chi connectivity index (χ0v) is 20.4. The van der Waals surface area contributed by atoms with E-state index in [0.717, 1.165) is 61.3 Å². The van der Waals surface area contributed by atoms with Gasteiger partial charge in [0.2, 0.25) is 0 Å².